The topological polar surface area (TPSA) is 92.7 Å². The first kappa shape index (κ1) is 13.2. The Morgan fingerprint density at radius 2 is 2.12 bits per heavy atom. The fourth-order valence-electron chi connectivity index (χ4n) is 1.09. The molecule has 2 N–H and O–H groups in total. The second kappa shape index (κ2) is 6.00. The number of hydrogen-bond donors (Lipinski definition) is 2. The fraction of sp³-hybridized carbons (Fsp3) is 0.300. The average molecular weight is 257 g/mol. The SMILES string of the molecule is COC(=O)c1ccsc1NC(=O)CCC(=O)O. The molecule has 0 bridgehead atoms. The van der Waals surface area contributed by atoms with Crippen LogP contribution in [0.3, 0.4) is 0 Å². The standard InChI is InChI=1S/C10H11NO5S/c1-16-10(15)6-4-5-17-9(6)11-7(12)2-3-8(13)14/h4-5H,2-3H2,1H3,(H,11,12)(H,13,14). The van der Waals surface area contributed by atoms with Crippen molar-refractivity contribution in [1.29, 1.82) is 0 Å². The van der Waals surface area contributed by atoms with Crippen LogP contribution in [0.15, 0.2) is 11.4 Å². The van der Waals surface area contributed by atoms with Gasteiger partial charge in [-0.05, 0) is 11.4 Å². The van der Waals surface area contributed by atoms with Gasteiger partial charge in [0.05, 0.1) is 19.1 Å². The molecule has 0 saturated heterocycles. The van der Waals surface area contributed by atoms with Gasteiger partial charge in [-0.15, -0.1) is 11.3 Å². The minimum absolute atomic E-state index is 0.131. The van der Waals surface area contributed by atoms with Crippen LogP contribution in [0.25, 0.3) is 0 Å². The van der Waals surface area contributed by atoms with Gasteiger partial charge in [-0.25, -0.2) is 4.79 Å². The highest BCUT2D eigenvalue weighted by Gasteiger charge is 2.15. The summed E-state index contributed by atoms with van der Waals surface area (Å²) >= 11 is 1.18. The van der Waals surface area contributed by atoms with Crippen LogP contribution in [-0.4, -0.2) is 30.1 Å². The fourth-order valence-corrected chi connectivity index (χ4v) is 1.88. The van der Waals surface area contributed by atoms with E-state index in [-0.39, 0.29) is 18.4 Å². The van der Waals surface area contributed by atoms with Gasteiger partial charge in [0, 0.05) is 6.42 Å². The first-order chi connectivity index (χ1) is 8.04. The molecule has 0 saturated carbocycles. The smallest absolute Gasteiger partial charge is 0.340 e. The lowest BCUT2D eigenvalue weighted by atomic mass is 10.3. The summed E-state index contributed by atoms with van der Waals surface area (Å²) in [6.07, 6.45) is -0.376. The van der Waals surface area contributed by atoms with Crippen LogP contribution in [-0.2, 0) is 14.3 Å². The molecule has 1 heterocycles. The Bertz CT molecular complexity index is 440. The quantitative estimate of drug-likeness (QED) is 0.776. The first-order valence-corrected chi connectivity index (χ1v) is 5.60. The van der Waals surface area contributed by atoms with Gasteiger partial charge in [-0.1, -0.05) is 0 Å². The number of carboxylic acids is 1. The molecule has 0 atom stereocenters. The number of rotatable bonds is 5. The molecule has 0 spiro atoms. The van der Waals surface area contributed by atoms with Crippen molar-refractivity contribution in [2.24, 2.45) is 0 Å². The van der Waals surface area contributed by atoms with Gasteiger partial charge in [0.15, 0.2) is 0 Å². The predicted molar refractivity (Wildman–Crippen MR) is 61.2 cm³/mol. The Morgan fingerprint density at radius 1 is 1.41 bits per heavy atom. The van der Waals surface area contributed by atoms with Gasteiger partial charge < -0.3 is 15.2 Å². The van der Waals surface area contributed by atoms with E-state index in [0.717, 1.165) is 0 Å². The Labute approximate surface area is 101 Å². The van der Waals surface area contributed by atoms with Crippen molar-refractivity contribution in [3.63, 3.8) is 0 Å². The zero-order valence-corrected chi connectivity index (χ0v) is 9.87. The molecule has 6 nitrogen and oxygen atoms in total. The van der Waals surface area contributed by atoms with Gasteiger partial charge in [0.1, 0.15) is 5.00 Å². The second-order valence-electron chi connectivity index (χ2n) is 3.10. The monoisotopic (exact) mass is 257 g/mol. The van der Waals surface area contributed by atoms with E-state index in [9.17, 15) is 14.4 Å². The van der Waals surface area contributed by atoms with Crippen molar-refractivity contribution in [1.82, 2.24) is 0 Å². The number of thiophene rings is 1. The zero-order valence-electron chi connectivity index (χ0n) is 9.06. The van der Waals surface area contributed by atoms with E-state index in [1.54, 1.807) is 5.38 Å². The Hall–Kier alpha value is -1.89. The Kier molecular flexibility index (Phi) is 4.65. The van der Waals surface area contributed by atoms with Crippen molar-refractivity contribution < 1.29 is 24.2 Å². The van der Waals surface area contributed by atoms with E-state index in [1.807, 2.05) is 0 Å². The van der Waals surface area contributed by atoms with E-state index >= 15 is 0 Å². The largest absolute Gasteiger partial charge is 0.481 e. The molecular formula is C10H11NO5S. The molecule has 1 rings (SSSR count). The summed E-state index contributed by atoms with van der Waals surface area (Å²) in [6, 6.07) is 1.53. The number of anilines is 1. The number of hydrogen-bond acceptors (Lipinski definition) is 5. The molecule has 17 heavy (non-hydrogen) atoms. The van der Waals surface area contributed by atoms with E-state index in [4.69, 9.17) is 5.11 Å². The van der Waals surface area contributed by atoms with Crippen LogP contribution in [0.5, 0.6) is 0 Å². The lowest BCUT2D eigenvalue weighted by Gasteiger charge is -2.04. The van der Waals surface area contributed by atoms with Crippen LogP contribution >= 0.6 is 11.3 Å². The highest BCUT2D eigenvalue weighted by Crippen LogP contribution is 2.24. The number of aliphatic carboxylic acids is 1. The number of amides is 1. The van der Waals surface area contributed by atoms with E-state index in [1.165, 1.54) is 24.5 Å². The normalized spacial score (nSPS) is 9.71. The summed E-state index contributed by atoms with van der Waals surface area (Å²) in [5.74, 6) is -2.03. The lowest BCUT2D eigenvalue weighted by Crippen LogP contribution is -2.14. The third kappa shape index (κ3) is 3.87. The summed E-state index contributed by atoms with van der Waals surface area (Å²) in [5, 5.41) is 12.9. The molecule has 0 fully saturated rings. The van der Waals surface area contributed by atoms with E-state index in [0.29, 0.717) is 5.00 Å². The second-order valence-corrected chi connectivity index (χ2v) is 4.01. The summed E-state index contributed by atoms with van der Waals surface area (Å²) in [6.45, 7) is 0. The number of methoxy groups -OCH3 is 1. The molecule has 92 valence electrons. The van der Waals surface area contributed by atoms with Crippen molar-refractivity contribution in [3.05, 3.63) is 17.0 Å². The van der Waals surface area contributed by atoms with Crippen LogP contribution in [0, 0.1) is 0 Å². The highest BCUT2D eigenvalue weighted by atomic mass is 32.1. The average Bonchev–Trinajstić information content (AvgIpc) is 2.73. The molecule has 1 aromatic rings. The number of nitrogens with one attached hydrogen (secondary N) is 1. The van der Waals surface area contributed by atoms with Crippen molar-refractivity contribution >= 4 is 34.2 Å². The molecular weight excluding hydrogens is 246 g/mol. The summed E-state index contributed by atoms with van der Waals surface area (Å²) in [7, 11) is 1.25. The minimum Gasteiger partial charge on any atom is -0.481 e. The van der Waals surface area contributed by atoms with E-state index in [2.05, 4.69) is 10.1 Å². The molecule has 0 aliphatic heterocycles. The van der Waals surface area contributed by atoms with E-state index < -0.39 is 17.8 Å². The van der Waals surface area contributed by atoms with Crippen LogP contribution in [0.2, 0.25) is 0 Å². The minimum atomic E-state index is -1.04. The molecule has 0 aliphatic rings. The maximum Gasteiger partial charge on any atom is 0.340 e. The first-order valence-electron chi connectivity index (χ1n) is 4.72. The highest BCUT2D eigenvalue weighted by molar-refractivity contribution is 7.14. The molecule has 1 amide bonds. The van der Waals surface area contributed by atoms with Gasteiger partial charge in [-0.2, -0.15) is 0 Å². The number of esters is 1. The van der Waals surface area contributed by atoms with Gasteiger partial charge >= 0.3 is 11.9 Å². The van der Waals surface area contributed by atoms with Gasteiger partial charge in [0.25, 0.3) is 0 Å². The molecule has 0 aromatic carbocycles. The lowest BCUT2D eigenvalue weighted by molar-refractivity contribution is -0.138. The predicted octanol–water partition coefficient (Wildman–Crippen LogP) is 1.34. The zero-order chi connectivity index (χ0) is 12.8. The summed E-state index contributed by atoms with van der Waals surface area (Å²) in [4.78, 5) is 32.9. The van der Waals surface area contributed by atoms with Gasteiger partial charge in [0.2, 0.25) is 5.91 Å². The molecule has 0 aliphatic carbocycles. The molecule has 0 unspecified atom stereocenters. The molecule has 7 heteroatoms. The number of ether oxygens (including phenoxy) is 1. The van der Waals surface area contributed by atoms with Crippen LogP contribution in [0.4, 0.5) is 5.00 Å². The summed E-state index contributed by atoms with van der Waals surface area (Å²) < 4.78 is 4.54. The Morgan fingerprint density at radius 3 is 2.71 bits per heavy atom. The number of carboxylic acid groups (broad SMARTS) is 1. The molecule has 1 aromatic heterocycles. The van der Waals surface area contributed by atoms with Crippen molar-refractivity contribution in [2.75, 3.05) is 12.4 Å². The summed E-state index contributed by atoms with van der Waals surface area (Å²) in [5.41, 5.74) is 0.265. The van der Waals surface area contributed by atoms with Crippen LogP contribution < -0.4 is 5.32 Å². The molecule has 0 radical (unpaired) electrons. The third-order valence-electron chi connectivity index (χ3n) is 1.89. The Balaban J connectivity index is 2.62. The third-order valence-corrected chi connectivity index (χ3v) is 2.72. The number of carbonyl (C=O) groups is 3. The maximum atomic E-state index is 11.4. The maximum absolute atomic E-state index is 11.4. The van der Waals surface area contributed by atoms with Crippen LogP contribution in [0.1, 0.15) is 23.2 Å². The van der Waals surface area contributed by atoms with Gasteiger partial charge in [-0.3, -0.25) is 9.59 Å². The van der Waals surface area contributed by atoms with Crippen molar-refractivity contribution in [3.8, 4) is 0 Å². The number of carbonyl (C=O) groups excluding carboxylic acids is 2. The van der Waals surface area contributed by atoms with Crippen molar-refractivity contribution in [2.45, 2.75) is 12.8 Å².